The summed E-state index contributed by atoms with van der Waals surface area (Å²) in [6, 6.07) is 16.7. The van der Waals surface area contributed by atoms with Crippen LogP contribution in [0.3, 0.4) is 0 Å². The van der Waals surface area contributed by atoms with Crippen molar-refractivity contribution in [3.05, 3.63) is 48.5 Å². The zero-order valence-corrected chi connectivity index (χ0v) is 11.6. The number of hydrogen-bond acceptors (Lipinski definition) is 4. The molecule has 2 aromatic carbocycles. The molecule has 0 radical (unpaired) electrons. The zero-order chi connectivity index (χ0) is 14.5. The third-order valence-electron chi connectivity index (χ3n) is 2.50. The molecular formula is C16H22O4. The topological polar surface area (TPSA) is 58.9 Å². The minimum atomic E-state index is 0.0417. The van der Waals surface area contributed by atoms with Gasteiger partial charge in [-0.15, -0.1) is 0 Å². The van der Waals surface area contributed by atoms with E-state index in [0.29, 0.717) is 26.4 Å². The molecule has 4 heteroatoms. The molecule has 0 unspecified atom stereocenters. The molecule has 2 N–H and O–H groups in total. The second-order valence-corrected chi connectivity index (χ2v) is 4.02. The second kappa shape index (κ2) is 11.4. The van der Waals surface area contributed by atoms with E-state index in [1.165, 1.54) is 10.8 Å². The van der Waals surface area contributed by atoms with Crippen LogP contribution in [0.2, 0.25) is 0 Å². The summed E-state index contributed by atoms with van der Waals surface area (Å²) < 4.78 is 9.75. The summed E-state index contributed by atoms with van der Waals surface area (Å²) in [5.74, 6) is 0. The lowest BCUT2D eigenvalue weighted by Crippen LogP contribution is -2.09. The highest BCUT2D eigenvalue weighted by atomic mass is 16.5. The fourth-order valence-corrected chi connectivity index (χ4v) is 1.58. The first-order valence-electron chi connectivity index (χ1n) is 6.69. The van der Waals surface area contributed by atoms with Crippen LogP contribution in [-0.4, -0.2) is 49.9 Å². The van der Waals surface area contributed by atoms with E-state index in [1.807, 2.05) is 0 Å². The summed E-state index contributed by atoms with van der Waals surface area (Å²) in [6.45, 7) is 1.73. The van der Waals surface area contributed by atoms with Gasteiger partial charge in [-0.05, 0) is 10.8 Å². The Bertz CT molecular complexity index is 385. The third kappa shape index (κ3) is 7.21. The average molecular weight is 278 g/mol. The lowest BCUT2D eigenvalue weighted by atomic mass is 10.1. The first-order valence-corrected chi connectivity index (χ1v) is 6.69. The van der Waals surface area contributed by atoms with E-state index in [1.54, 1.807) is 0 Å². The van der Waals surface area contributed by atoms with Gasteiger partial charge in [-0.25, -0.2) is 0 Å². The maximum atomic E-state index is 8.26. The summed E-state index contributed by atoms with van der Waals surface area (Å²) in [5.41, 5.74) is 0. The van der Waals surface area contributed by atoms with Gasteiger partial charge in [-0.3, -0.25) is 0 Å². The standard InChI is InChI=1S/C10H8.C6H14O4/c1-2-6-10-8-4-3-7-9(10)5-1;7-1-3-9-5-6-10-4-2-8/h1-8H;7-8H,1-6H2. The molecule has 0 amide bonds. The van der Waals surface area contributed by atoms with E-state index < -0.39 is 0 Å². The van der Waals surface area contributed by atoms with Gasteiger partial charge in [0.2, 0.25) is 0 Å². The van der Waals surface area contributed by atoms with Crippen molar-refractivity contribution in [2.75, 3.05) is 39.6 Å². The Kier molecular flexibility index (Phi) is 9.44. The Morgan fingerprint density at radius 3 is 1.25 bits per heavy atom. The largest absolute Gasteiger partial charge is 0.394 e. The molecule has 20 heavy (non-hydrogen) atoms. The molecular weight excluding hydrogens is 256 g/mol. The Balaban J connectivity index is 0.000000200. The van der Waals surface area contributed by atoms with Gasteiger partial charge in [-0.2, -0.15) is 0 Å². The molecule has 2 aromatic rings. The van der Waals surface area contributed by atoms with E-state index >= 15 is 0 Å². The minimum Gasteiger partial charge on any atom is -0.394 e. The summed E-state index contributed by atoms with van der Waals surface area (Å²) in [4.78, 5) is 0. The highest BCUT2D eigenvalue weighted by molar-refractivity contribution is 5.81. The summed E-state index contributed by atoms with van der Waals surface area (Å²) in [5, 5.41) is 19.1. The van der Waals surface area contributed by atoms with Crippen molar-refractivity contribution in [3.8, 4) is 0 Å². The fraction of sp³-hybridized carbons (Fsp3) is 0.375. The van der Waals surface area contributed by atoms with Gasteiger partial charge in [0.1, 0.15) is 0 Å². The Morgan fingerprint density at radius 1 is 0.600 bits per heavy atom. The second-order valence-electron chi connectivity index (χ2n) is 4.02. The fourth-order valence-electron chi connectivity index (χ4n) is 1.58. The summed E-state index contributed by atoms with van der Waals surface area (Å²) >= 11 is 0. The Hall–Kier alpha value is -1.46. The quantitative estimate of drug-likeness (QED) is 0.759. The van der Waals surface area contributed by atoms with Crippen molar-refractivity contribution in [2.45, 2.75) is 0 Å². The van der Waals surface area contributed by atoms with Crippen molar-refractivity contribution in [1.29, 1.82) is 0 Å². The SMILES string of the molecule is OCCOCCOCCO.c1ccc2ccccc2c1. The monoisotopic (exact) mass is 278 g/mol. The molecule has 2 rings (SSSR count). The van der Waals surface area contributed by atoms with Crippen LogP contribution < -0.4 is 0 Å². The highest BCUT2D eigenvalue weighted by Crippen LogP contribution is 2.11. The molecule has 0 fully saturated rings. The smallest absolute Gasteiger partial charge is 0.0701 e. The summed E-state index contributed by atoms with van der Waals surface area (Å²) in [7, 11) is 0. The van der Waals surface area contributed by atoms with Crippen molar-refractivity contribution < 1.29 is 19.7 Å². The van der Waals surface area contributed by atoms with Crippen molar-refractivity contribution in [1.82, 2.24) is 0 Å². The molecule has 0 aliphatic rings. The number of ether oxygens (including phenoxy) is 2. The number of benzene rings is 2. The number of fused-ring (bicyclic) bond motifs is 1. The molecule has 0 heterocycles. The summed E-state index contributed by atoms with van der Waals surface area (Å²) in [6.07, 6.45) is 0. The van der Waals surface area contributed by atoms with Crippen LogP contribution in [0, 0.1) is 0 Å². The van der Waals surface area contributed by atoms with Crippen LogP contribution in [0.4, 0.5) is 0 Å². The van der Waals surface area contributed by atoms with Crippen molar-refractivity contribution in [2.24, 2.45) is 0 Å². The van der Waals surface area contributed by atoms with E-state index in [-0.39, 0.29) is 13.2 Å². The van der Waals surface area contributed by atoms with Gasteiger partial charge >= 0.3 is 0 Å². The van der Waals surface area contributed by atoms with E-state index in [4.69, 9.17) is 19.7 Å². The van der Waals surface area contributed by atoms with Crippen LogP contribution in [-0.2, 0) is 9.47 Å². The van der Waals surface area contributed by atoms with Crippen molar-refractivity contribution >= 4 is 10.8 Å². The maximum Gasteiger partial charge on any atom is 0.0701 e. The lowest BCUT2D eigenvalue weighted by Gasteiger charge is -2.01. The molecule has 0 saturated heterocycles. The van der Waals surface area contributed by atoms with Gasteiger partial charge < -0.3 is 19.7 Å². The molecule has 0 aromatic heterocycles. The molecule has 0 atom stereocenters. The van der Waals surface area contributed by atoms with E-state index in [2.05, 4.69) is 48.5 Å². The Morgan fingerprint density at radius 2 is 0.950 bits per heavy atom. The number of aliphatic hydroxyl groups is 2. The number of aliphatic hydroxyl groups excluding tert-OH is 2. The van der Waals surface area contributed by atoms with Crippen LogP contribution in [0.15, 0.2) is 48.5 Å². The van der Waals surface area contributed by atoms with Gasteiger partial charge in [0.25, 0.3) is 0 Å². The van der Waals surface area contributed by atoms with Gasteiger partial charge in [0.15, 0.2) is 0 Å². The average Bonchev–Trinajstić information content (AvgIpc) is 2.52. The highest BCUT2D eigenvalue weighted by Gasteiger charge is 1.87. The molecule has 0 aliphatic heterocycles. The van der Waals surface area contributed by atoms with Gasteiger partial charge in [0, 0.05) is 0 Å². The van der Waals surface area contributed by atoms with Crippen molar-refractivity contribution in [3.63, 3.8) is 0 Å². The molecule has 0 bridgehead atoms. The zero-order valence-electron chi connectivity index (χ0n) is 11.6. The normalized spacial score (nSPS) is 10.1. The van der Waals surface area contributed by atoms with E-state index in [0.717, 1.165) is 0 Å². The third-order valence-corrected chi connectivity index (χ3v) is 2.50. The van der Waals surface area contributed by atoms with Gasteiger partial charge in [0.05, 0.1) is 39.6 Å². The maximum absolute atomic E-state index is 8.26. The first-order chi connectivity index (χ1) is 9.88. The first kappa shape index (κ1) is 16.6. The molecule has 0 aliphatic carbocycles. The lowest BCUT2D eigenvalue weighted by molar-refractivity contribution is 0.0222. The molecule has 0 spiro atoms. The molecule has 0 saturated carbocycles. The Labute approximate surface area is 119 Å². The predicted molar refractivity (Wildman–Crippen MR) is 79.8 cm³/mol. The predicted octanol–water partition coefficient (Wildman–Crippen LogP) is 1.84. The van der Waals surface area contributed by atoms with Crippen LogP contribution in [0.25, 0.3) is 10.8 Å². The number of rotatable bonds is 7. The van der Waals surface area contributed by atoms with Gasteiger partial charge in [-0.1, -0.05) is 48.5 Å². The molecule has 4 nitrogen and oxygen atoms in total. The van der Waals surface area contributed by atoms with Crippen LogP contribution in [0.1, 0.15) is 0 Å². The van der Waals surface area contributed by atoms with Crippen LogP contribution >= 0.6 is 0 Å². The number of hydrogen-bond donors (Lipinski definition) is 2. The minimum absolute atomic E-state index is 0.0417. The van der Waals surface area contributed by atoms with E-state index in [9.17, 15) is 0 Å². The van der Waals surface area contributed by atoms with Crippen LogP contribution in [0.5, 0.6) is 0 Å². The molecule has 110 valence electrons.